The van der Waals surface area contributed by atoms with Gasteiger partial charge in [0.25, 0.3) is 0 Å². The van der Waals surface area contributed by atoms with Crippen molar-refractivity contribution in [3.05, 3.63) is 200 Å². The van der Waals surface area contributed by atoms with Crippen molar-refractivity contribution < 1.29 is 25.8 Å². The zero-order chi connectivity index (χ0) is 40.8. The van der Waals surface area contributed by atoms with Gasteiger partial charge in [-0.05, 0) is 74.8 Å². The van der Waals surface area contributed by atoms with E-state index in [-0.39, 0.29) is 26.5 Å². The van der Waals surface area contributed by atoms with Gasteiger partial charge in [0.15, 0.2) is 0 Å². The number of rotatable bonds is 5. The van der Waals surface area contributed by atoms with Gasteiger partial charge in [0, 0.05) is 71.3 Å². The molecule has 3 heterocycles. The van der Waals surface area contributed by atoms with Crippen LogP contribution in [0.4, 0.5) is 22.7 Å². The summed E-state index contributed by atoms with van der Waals surface area (Å²) in [5.41, 5.74) is 8.06. The van der Waals surface area contributed by atoms with E-state index in [4.69, 9.17) is 9.72 Å². The van der Waals surface area contributed by atoms with Crippen molar-refractivity contribution in [1.82, 2.24) is 9.55 Å². The van der Waals surface area contributed by atoms with E-state index in [0.29, 0.717) is 11.5 Å². The Bertz CT molecular complexity index is 3550. The maximum Gasteiger partial charge on any atom is 0.144 e. The standard InChI is InChI=1S/C56H39N4O.Pt/c1-56(2,3)38-31-40(59-35-58(39-17-5-4-6-18-39)50-23-13-14-24-51(50)59)33-42(32-38)61-41-27-29-46-45-21-11-12-22-49(45)60(52(46)34-41)55-47-28-25-36-15-7-9-19-43(36)53(47)54-44-20-10-8-16-37(44)26-30-48(54)57-55;/h4-32,35H,1-3H3;/q-3;. The fourth-order valence-corrected chi connectivity index (χ4v) is 9.20. The summed E-state index contributed by atoms with van der Waals surface area (Å²) in [6.45, 7) is 8.84. The Morgan fingerprint density at radius 3 is 1.92 bits per heavy atom. The smallest absolute Gasteiger partial charge is 0.144 e. The number of ether oxygens (including phenoxy) is 1. The van der Waals surface area contributed by atoms with Gasteiger partial charge in [0.1, 0.15) is 5.82 Å². The molecule has 0 atom stereocenters. The Labute approximate surface area is 374 Å². The normalized spacial score (nSPS) is 12.8. The van der Waals surface area contributed by atoms with Crippen LogP contribution in [0, 0.1) is 18.8 Å². The Balaban J connectivity index is 0.00000432. The molecule has 1 aliphatic rings. The van der Waals surface area contributed by atoms with Crippen LogP contribution in [0.1, 0.15) is 26.3 Å². The average molecular weight is 979 g/mol. The number of pyridine rings is 1. The maximum atomic E-state index is 6.87. The van der Waals surface area contributed by atoms with E-state index in [1.165, 1.54) is 26.9 Å². The predicted molar refractivity (Wildman–Crippen MR) is 253 cm³/mol. The minimum atomic E-state index is -0.154. The first kappa shape index (κ1) is 38.0. The van der Waals surface area contributed by atoms with Crippen LogP contribution in [-0.2, 0) is 26.5 Å². The number of nitrogens with zero attached hydrogens (tertiary/aromatic N) is 4. The van der Waals surface area contributed by atoms with Crippen molar-refractivity contribution in [2.45, 2.75) is 26.2 Å². The van der Waals surface area contributed by atoms with Gasteiger partial charge < -0.3 is 19.1 Å². The molecule has 0 spiro atoms. The molecule has 9 aromatic carbocycles. The molecule has 0 fully saturated rings. The molecular weight excluding hydrogens is 940 g/mol. The molecule has 0 radical (unpaired) electrons. The van der Waals surface area contributed by atoms with Crippen LogP contribution in [0.15, 0.2) is 176 Å². The minimum Gasteiger partial charge on any atom is -0.509 e. The monoisotopic (exact) mass is 978 g/mol. The summed E-state index contributed by atoms with van der Waals surface area (Å²) in [6.07, 6.45) is 0. The zero-order valence-corrected chi connectivity index (χ0v) is 36.6. The summed E-state index contributed by atoms with van der Waals surface area (Å²) in [6, 6.07) is 69.5. The quantitative estimate of drug-likeness (QED) is 0.127. The average Bonchev–Trinajstić information content (AvgIpc) is 3.84. The number of anilines is 4. The zero-order valence-electron chi connectivity index (χ0n) is 34.3. The van der Waals surface area contributed by atoms with Crippen LogP contribution in [0.2, 0.25) is 0 Å². The third kappa shape index (κ3) is 6.06. The number of para-hydroxylation sites is 4. The van der Waals surface area contributed by atoms with E-state index in [2.05, 4.69) is 218 Å². The third-order valence-corrected chi connectivity index (χ3v) is 12.2. The first-order chi connectivity index (χ1) is 29.9. The first-order valence-corrected chi connectivity index (χ1v) is 20.8. The number of benzene rings is 9. The van der Waals surface area contributed by atoms with Gasteiger partial charge in [-0.1, -0.05) is 135 Å². The van der Waals surface area contributed by atoms with E-state index in [9.17, 15) is 0 Å². The molecule has 11 aromatic rings. The molecule has 0 unspecified atom stereocenters. The number of aromatic nitrogens is 2. The molecule has 0 bridgehead atoms. The Hall–Kier alpha value is -6.94. The molecular formula is C56H39N4OPt-3. The molecule has 6 heteroatoms. The topological polar surface area (TPSA) is 33.5 Å². The second-order valence-corrected chi connectivity index (χ2v) is 16.9. The molecule has 302 valence electrons. The molecule has 0 saturated carbocycles. The Morgan fingerprint density at radius 1 is 0.532 bits per heavy atom. The van der Waals surface area contributed by atoms with Crippen molar-refractivity contribution in [2.75, 3.05) is 9.80 Å². The van der Waals surface area contributed by atoms with Crippen molar-refractivity contribution in [3.63, 3.8) is 0 Å². The van der Waals surface area contributed by atoms with E-state index in [1.54, 1.807) is 0 Å². The van der Waals surface area contributed by atoms with Gasteiger partial charge in [-0.25, -0.2) is 4.98 Å². The fraction of sp³-hybridized carbons (Fsp3) is 0.0714. The molecule has 12 rings (SSSR count). The predicted octanol–water partition coefficient (Wildman–Crippen LogP) is 14.9. The van der Waals surface area contributed by atoms with Gasteiger partial charge in [-0.15, -0.1) is 53.6 Å². The summed E-state index contributed by atoms with van der Waals surface area (Å²) >= 11 is 0. The van der Waals surface area contributed by atoms with E-state index >= 15 is 0 Å². The van der Waals surface area contributed by atoms with Crippen LogP contribution < -0.4 is 14.5 Å². The van der Waals surface area contributed by atoms with Gasteiger partial charge in [-0.3, -0.25) is 0 Å². The molecule has 0 saturated heterocycles. The maximum absolute atomic E-state index is 6.87. The molecule has 0 aliphatic carbocycles. The van der Waals surface area contributed by atoms with Crippen LogP contribution in [0.5, 0.6) is 11.5 Å². The van der Waals surface area contributed by atoms with Crippen molar-refractivity contribution in [3.8, 4) is 17.3 Å². The van der Waals surface area contributed by atoms with Crippen molar-refractivity contribution in [2.24, 2.45) is 0 Å². The van der Waals surface area contributed by atoms with Crippen LogP contribution >= 0.6 is 0 Å². The summed E-state index contributed by atoms with van der Waals surface area (Å²) in [4.78, 5) is 9.97. The molecule has 2 aromatic heterocycles. The molecule has 62 heavy (non-hydrogen) atoms. The molecule has 0 amide bonds. The van der Waals surface area contributed by atoms with Crippen molar-refractivity contribution in [1.29, 1.82) is 0 Å². The molecule has 1 aliphatic heterocycles. The minimum absolute atomic E-state index is 0. The Morgan fingerprint density at radius 2 is 1.16 bits per heavy atom. The SMILES string of the molecule is CC(C)(C)c1cc(Oc2[c-]c3c(cc2)c2ccccc2n3-c2nc3ccc4ccccc4c3c3c2ccc2ccccc23)[c-]c(N2[CH-]N(c3ccccc3)c3ccccc32)c1.[Pt]. The Kier molecular flexibility index (Phi) is 8.96. The van der Waals surface area contributed by atoms with Crippen molar-refractivity contribution >= 4 is 87.8 Å². The third-order valence-electron chi connectivity index (χ3n) is 12.2. The van der Waals surface area contributed by atoms with Crippen LogP contribution in [-0.4, -0.2) is 9.55 Å². The number of fused-ring (bicyclic) bond motifs is 11. The first-order valence-electron chi connectivity index (χ1n) is 20.8. The van der Waals surface area contributed by atoms with E-state index < -0.39 is 0 Å². The van der Waals surface area contributed by atoms with Gasteiger partial charge >= 0.3 is 0 Å². The second kappa shape index (κ2) is 14.6. The van der Waals surface area contributed by atoms with E-state index in [1.807, 2.05) is 12.1 Å². The number of hydrogen-bond donors (Lipinski definition) is 0. The summed E-state index contributed by atoms with van der Waals surface area (Å²) in [7, 11) is 0. The molecule has 5 nitrogen and oxygen atoms in total. The van der Waals surface area contributed by atoms with Gasteiger partial charge in [0.2, 0.25) is 0 Å². The van der Waals surface area contributed by atoms with E-state index in [0.717, 1.165) is 72.2 Å². The fourth-order valence-electron chi connectivity index (χ4n) is 9.20. The van der Waals surface area contributed by atoms with Crippen LogP contribution in [0.3, 0.4) is 0 Å². The summed E-state index contributed by atoms with van der Waals surface area (Å²) < 4.78 is 9.15. The number of hydrogen-bond acceptors (Lipinski definition) is 4. The van der Waals surface area contributed by atoms with Gasteiger partial charge in [0.05, 0.1) is 5.52 Å². The summed E-state index contributed by atoms with van der Waals surface area (Å²) in [5, 5.41) is 10.4. The molecule has 0 N–H and O–H groups in total. The summed E-state index contributed by atoms with van der Waals surface area (Å²) in [5.74, 6) is 2.08. The largest absolute Gasteiger partial charge is 0.509 e. The second-order valence-electron chi connectivity index (χ2n) is 16.9. The van der Waals surface area contributed by atoms with Crippen LogP contribution in [0.25, 0.3) is 70.8 Å². The van der Waals surface area contributed by atoms with Gasteiger partial charge in [-0.2, -0.15) is 6.07 Å².